The second kappa shape index (κ2) is 12.7. The minimum absolute atomic E-state index is 0.170. The monoisotopic (exact) mass is 1090 g/mol. The largest absolute Gasteiger partial charge is 0.480 e. The fourth-order valence-corrected chi connectivity index (χ4v) is 10.7. The van der Waals surface area contributed by atoms with Crippen LogP contribution in [0.3, 0.4) is 0 Å². The second-order valence-corrected chi connectivity index (χ2v) is 12.3. The zero-order chi connectivity index (χ0) is 22.6. The zero-order valence-electron chi connectivity index (χ0n) is 15.3. The fraction of sp³-hybridized carbons (Fsp3) is 0.222. The summed E-state index contributed by atoms with van der Waals surface area (Å²) in [5.74, 6) is 0.357. The standard InChI is InChI=1S/C18H12I6O6/c1-27-11(25)5-29-17-9(21)3-7(19)13(15(17)23)14-8(20)4-10(22)18(16(14)24)30-6-12(26)28-2/h3-4H,5-6H2,1-2H3. The maximum absolute atomic E-state index is 11.6. The first-order valence-corrected chi connectivity index (χ1v) is 14.3. The average molecular weight is 1090 g/mol. The third-order valence-electron chi connectivity index (χ3n) is 3.63. The van der Waals surface area contributed by atoms with E-state index in [1.807, 2.05) is 12.1 Å². The van der Waals surface area contributed by atoms with Crippen LogP contribution in [0.1, 0.15) is 0 Å². The van der Waals surface area contributed by atoms with Crippen molar-refractivity contribution in [1.82, 2.24) is 0 Å². The van der Waals surface area contributed by atoms with Crippen molar-refractivity contribution >= 4 is 147 Å². The average Bonchev–Trinajstić information content (AvgIpc) is 2.68. The Balaban J connectivity index is 2.62. The van der Waals surface area contributed by atoms with E-state index in [1.54, 1.807) is 0 Å². The molecule has 0 atom stereocenters. The summed E-state index contributed by atoms with van der Waals surface area (Å²) in [6.45, 7) is -0.339. The van der Waals surface area contributed by atoms with Gasteiger partial charge in [-0.2, -0.15) is 0 Å². The van der Waals surface area contributed by atoms with Gasteiger partial charge >= 0.3 is 11.9 Å². The van der Waals surface area contributed by atoms with Crippen LogP contribution in [0.5, 0.6) is 11.5 Å². The number of hydrogen-bond donors (Lipinski definition) is 0. The minimum atomic E-state index is -0.446. The highest BCUT2D eigenvalue weighted by molar-refractivity contribution is 14.1. The molecule has 2 aromatic carbocycles. The quantitative estimate of drug-likeness (QED) is 0.248. The number of carbonyl (C=O) groups excluding carboxylic acids is 2. The second-order valence-electron chi connectivity index (χ2n) is 5.45. The summed E-state index contributed by atoms with van der Waals surface area (Å²) >= 11 is 13.4. The van der Waals surface area contributed by atoms with Gasteiger partial charge in [0, 0.05) is 18.3 Å². The molecular formula is C18H12I6O6. The van der Waals surface area contributed by atoms with Gasteiger partial charge in [-0.05, 0) is 148 Å². The molecule has 2 rings (SSSR count). The molecule has 0 aliphatic rings. The van der Waals surface area contributed by atoms with Crippen LogP contribution in [0.15, 0.2) is 12.1 Å². The first kappa shape index (κ1) is 27.6. The van der Waals surface area contributed by atoms with Crippen LogP contribution in [-0.2, 0) is 19.1 Å². The van der Waals surface area contributed by atoms with E-state index in [-0.39, 0.29) is 13.2 Å². The molecule has 2 aromatic rings. The smallest absolute Gasteiger partial charge is 0.343 e. The Hall–Kier alpha value is 1.36. The topological polar surface area (TPSA) is 71.1 Å². The maximum atomic E-state index is 11.6. The number of ether oxygens (including phenoxy) is 4. The van der Waals surface area contributed by atoms with Crippen LogP contribution >= 0.6 is 136 Å². The number of hydrogen-bond acceptors (Lipinski definition) is 6. The van der Waals surface area contributed by atoms with Gasteiger partial charge in [-0.1, -0.05) is 0 Å². The van der Waals surface area contributed by atoms with Crippen molar-refractivity contribution in [3.8, 4) is 22.6 Å². The SMILES string of the molecule is COC(=O)COc1c(I)cc(I)c(-c2c(I)cc(I)c(OCC(=O)OC)c2I)c1I. The van der Waals surface area contributed by atoms with Gasteiger partial charge in [-0.15, -0.1) is 0 Å². The lowest BCUT2D eigenvalue weighted by molar-refractivity contribution is -0.143. The molecule has 6 nitrogen and oxygen atoms in total. The molecule has 0 spiro atoms. The molecule has 162 valence electrons. The van der Waals surface area contributed by atoms with E-state index in [1.165, 1.54) is 14.2 Å². The van der Waals surface area contributed by atoms with E-state index in [9.17, 15) is 9.59 Å². The first-order chi connectivity index (χ1) is 14.1. The van der Waals surface area contributed by atoms with Crippen LogP contribution in [0.4, 0.5) is 0 Å². The molecule has 0 aromatic heterocycles. The Labute approximate surface area is 255 Å². The predicted molar refractivity (Wildman–Crippen MR) is 163 cm³/mol. The van der Waals surface area contributed by atoms with Crippen LogP contribution in [0, 0.1) is 21.4 Å². The summed E-state index contributed by atoms with van der Waals surface area (Å²) in [5.41, 5.74) is 1.95. The number of rotatable bonds is 7. The van der Waals surface area contributed by atoms with Crippen molar-refractivity contribution in [2.24, 2.45) is 0 Å². The third kappa shape index (κ3) is 6.70. The van der Waals surface area contributed by atoms with E-state index < -0.39 is 11.9 Å². The Bertz CT molecular complexity index is 915. The van der Waals surface area contributed by atoms with E-state index >= 15 is 0 Å². The van der Waals surface area contributed by atoms with Gasteiger partial charge in [0.1, 0.15) is 11.5 Å². The summed E-state index contributed by atoms with van der Waals surface area (Å²) in [6, 6.07) is 4.01. The van der Waals surface area contributed by atoms with Gasteiger partial charge in [-0.3, -0.25) is 0 Å². The van der Waals surface area contributed by atoms with Gasteiger partial charge in [0.2, 0.25) is 0 Å². The molecule has 0 aliphatic heterocycles. The fourth-order valence-electron chi connectivity index (χ4n) is 2.25. The van der Waals surface area contributed by atoms with Crippen LogP contribution < -0.4 is 9.47 Å². The molecule has 0 radical (unpaired) electrons. The van der Waals surface area contributed by atoms with Crippen LogP contribution in [-0.4, -0.2) is 39.4 Å². The van der Waals surface area contributed by atoms with Crippen molar-refractivity contribution in [1.29, 1.82) is 0 Å². The van der Waals surface area contributed by atoms with Crippen molar-refractivity contribution in [3.05, 3.63) is 33.6 Å². The van der Waals surface area contributed by atoms with E-state index in [0.717, 1.165) is 32.5 Å². The number of methoxy groups -OCH3 is 2. The highest BCUT2D eigenvalue weighted by Crippen LogP contribution is 2.45. The molecule has 0 fully saturated rings. The lowest BCUT2D eigenvalue weighted by atomic mass is 10.1. The predicted octanol–water partition coefficient (Wildman–Crippen LogP) is 6.08. The Morgan fingerprint density at radius 1 is 0.667 bits per heavy atom. The van der Waals surface area contributed by atoms with Crippen LogP contribution in [0.25, 0.3) is 11.1 Å². The molecule has 0 saturated heterocycles. The van der Waals surface area contributed by atoms with Crippen molar-refractivity contribution in [3.63, 3.8) is 0 Å². The molecule has 0 heterocycles. The van der Waals surface area contributed by atoms with Crippen molar-refractivity contribution in [2.75, 3.05) is 27.4 Å². The maximum Gasteiger partial charge on any atom is 0.343 e. The minimum Gasteiger partial charge on any atom is -0.480 e. The van der Waals surface area contributed by atoms with Gasteiger partial charge in [-0.25, -0.2) is 9.59 Å². The molecular weight excluding hydrogens is 1070 g/mol. The van der Waals surface area contributed by atoms with E-state index in [4.69, 9.17) is 9.47 Å². The lowest BCUT2D eigenvalue weighted by Gasteiger charge is -2.19. The number of esters is 2. The van der Waals surface area contributed by atoms with Gasteiger partial charge < -0.3 is 18.9 Å². The van der Waals surface area contributed by atoms with Crippen LogP contribution in [0.2, 0.25) is 0 Å². The Kier molecular flexibility index (Phi) is 11.7. The molecule has 0 aliphatic carbocycles. The normalized spacial score (nSPS) is 10.5. The van der Waals surface area contributed by atoms with Gasteiger partial charge in [0.15, 0.2) is 13.2 Å². The summed E-state index contributed by atoms with van der Waals surface area (Å²) in [6.07, 6.45) is 0. The number of benzene rings is 2. The Morgan fingerprint density at radius 2 is 1.00 bits per heavy atom. The highest BCUT2D eigenvalue weighted by Gasteiger charge is 2.24. The Morgan fingerprint density at radius 3 is 1.30 bits per heavy atom. The summed E-state index contributed by atoms with van der Waals surface area (Å²) in [7, 11) is 2.65. The van der Waals surface area contributed by atoms with E-state index in [2.05, 4.69) is 145 Å². The van der Waals surface area contributed by atoms with E-state index in [0.29, 0.717) is 11.5 Å². The molecule has 0 amide bonds. The molecule has 0 bridgehead atoms. The number of carbonyl (C=O) groups is 2. The number of halogens is 6. The molecule has 12 heteroatoms. The summed E-state index contributed by atoms with van der Waals surface area (Å²) < 4.78 is 26.5. The molecule has 30 heavy (non-hydrogen) atoms. The van der Waals surface area contributed by atoms with Crippen molar-refractivity contribution in [2.45, 2.75) is 0 Å². The zero-order valence-corrected chi connectivity index (χ0v) is 28.2. The summed E-state index contributed by atoms with van der Waals surface area (Å²) in [4.78, 5) is 23.1. The highest BCUT2D eigenvalue weighted by atomic mass is 127. The first-order valence-electron chi connectivity index (χ1n) is 7.86. The molecule has 0 saturated carbocycles. The van der Waals surface area contributed by atoms with Gasteiger partial charge in [0.05, 0.1) is 28.5 Å². The van der Waals surface area contributed by atoms with Crippen molar-refractivity contribution < 1.29 is 28.5 Å². The summed E-state index contributed by atoms with van der Waals surface area (Å²) in [5, 5.41) is 0. The molecule has 0 N–H and O–H groups in total. The van der Waals surface area contributed by atoms with Gasteiger partial charge in [0.25, 0.3) is 0 Å². The molecule has 0 unspecified atom stereocenters. The lowest BCUT2D eigenvalue weighted by Crippen LogP contribution is -2.15. The third-order valence-corrected chi connectivity index (χ3v) is 8.99.